The van der Waals surface area contributed by atoms with Gasteiger partial charge in [0.15, 0.2) is 0 Å². The van der Waals surface area contributed by atoms with Crippen molar-refractivity contribution >= 4 is 13.7 Å². The van der Waals surface area contributed by atoms with Gasteiger partial charge in [-0.3, -0.25) is 13.8 Å². The molecule has 0 radical (unpaired) electrons. The van der Waals surface area contributed by atoms with Crippen molar-refractivity contribution < 1.29 is 32.9 Å². The SMILES string of the molecule is CCCCCCCCCCC/C=C\C/C=C\CCCCCCCCCCCCCCCCCCCC(=O)NC(COP(=O)(O)OCC[N+](C)(C)C)C(O)CCCCCCCCCCCCCCCCCCCCCCCC. The van der Waals surface area contributed by atoms with Gasteiger partial charge in [0, 0.05) is 6.42 Å². The molecule has 8 nitrogen and oxygen atoms in total. The number of allylic oxidation sites excluding steroid dienone is 4. The van der Waals surface area contributed by atoms with Crippen molar-refractivity contribution in [3.8, 4) is 0 Å². The summed E-state index contributed by atoms with van der Waals surface area (Å²) >= 11 is 0. The summed E-state index contributed by atoms with van der Waals surface area (Å²) in [6.07, 6.45) is 77.0. The summed E-state index contributed by atoms with van der Waals surface area (Å²) < 4.78 is 23.9. The molecule has 0 spiro atoms. The molecule has 0 aliphatic heterocycles. The lowest BCUT2D eigenvalue weighted by Crippen LogP contribution is -2.46. The molecule has 0 bridgehead atoms. The van der Waals surface area contributed by atoms with Gasteiger partial charge in [-0.25, -0.2) is 4.57 Å². The average Bonchev–Trinajstić information content (AvgIpc) is 3.39. The highest BCUT2D eigenvalue weighted by Gasteiger charge is 2.28. The predicted octanol–water partition coefficient (Wildman–Crippen LogP) is 21.5. The van der Waals surface area contributed by atoms with E-state index in [1.165, 1.54) is 283 Å². The van der Waals surface area contributed by atoms with Crippen molar-refractivity contribution in [2.45, 2.75) is 366 Å². The molecular formula is C68H136N2O6P+. The van der Waals surface area contributed by atoms with Gasteiger partial charge in [0.25, 0.3) is 0 Å². The number of hydrogen-bond acceptors (Lipinski definition) is 5. The van der Waals surface area contributed by atoms with Gasteiger partial charge in [0.1, 0.15) is 13.2 Å². The molecule has 0 aromatic rings. The lowest BCUT2D eigenvalue weighted by Gasteiger charge is -2.26. The highest BCUT2D eigenvalue weighted by atomic mass is 31.2. The average molecular weight is 1110 g/mol. The maximum atomic E-state index is 13.1. The maximum Gasteiger partial charge on any atom is 0.472 e. The monoisotopic (exact) mass is 1110 g/mol. The van der Waals surface area contributed by atoms with E-state index >= 15 is 0 Å². The fourth-order valence-electron chi connectivity index (χ4n) is 10.6. The second kappa shape index (κ2) is 59.6. The number of likely N-dealkylation sites (N-methyl/N-ethyl adjacent to an activating group) is 1. The van der Waals surface area contributed by atoms with Crippen LogP contribution in [0.4, 0.5) is 0 Å². The van der Waals surface area contributed by atoms with Crippen molar-refractivity contribution in [3.63, 3.8) is 0 Å². The molecule has 0 aliphatic rings. The molecule has 0 saturated carbocycles. The lowest BCUT2D eigenvalue weighted by atomic mass is 10.0. The Bertz CT molecular complexity index is 1300. The summed E-state index contributed by atoms with van der Waals surface area (Å²) in [7, 11) is 1.63. The van der Waals surface area contributed by atoms with E-state index < -0.39 is 20.0 Å². The number of phosphoric ester groups is 1. The summed E-state index contributed by atoms with van der Waals surface area (Å²) in [4.78, 5) is 23.4. The largest absolute Gasteiger partial charge is 0.472 e. The number of unbranched alkanes of at least 4 members (excludes halogenated alkanes) is 47. The minimum Gasteiger partial charge on any atom is -0.391 e. The number of carbonyl (C=O) groups is 1. The first-order chi connectivity index (χ1) is 37.5. The maximum absolute atomic E-state index is 13.1. The van der Waals surface area contributed by atoms with E-state index in [-0.39, 0.29) is 19.1 Å². The molecule has 0 aromatic heterocycles. The van der Waals surface area contributed by atoms with Gasteiger partial charge in [-0.05, 0) is 44.9 Å². The number of aliphatic hydroxyl groups is 1. The van der Waals surface area contributed by atoms with E-state index in [4.69, 9.17) is 9.05 Å². The van der Waals surface area contributed by atoms with Crippen LogP contribution in [0.25, 0.3) is 0 Å². The number of aliphatic hydroxyl groups excluding tert-OH is 1. The number of hydrogen-bond donors (Lipinski definition) is 3. The van der Waals surface area contributed by atoms with Crippen molar-refractivity contribution in [1.29, 1.82) is 0 Å². The Labute approximate surface area is 481 Å². The zero-order chi connectivity index (χ0) is 56.3. The number of nitrogens with one attached hydrogen (secondary N) is 1. The second-order valence-electron chi connectivity index (χ2n) is 24.9. The van der Waals surface area contributed by atoms with Gasteiger partial charge in [-0.2, -0.15) is 0 Å². The zero-order valence-corrected chi connectivity index (χ0v) is 53.4. The predicted molar refractivity (Wildman–Crippen MR) is 337 cm³/mol. The first-order valence-electron chi connectivity index (χ1n) is 34.2. The highest BCUT2D eigenvalue weighted by Crippen LogP contribution is 2.43. The zero-order valence-electron chi connectivity index (χ0n) is 52.5. The Hall–Kier alpha value is -1.02. The summed E-state index contributed by atoms with van der Waals surface area (Å²) in [6, 6.07) is -0.760. The number of quaternary nitrogens is 1. The van der Waals surface area contributed by atoms with E-state index in [1.807, 2.05) is 21.1 Å². The van der Waals surface area contributed by atoms with Crippen LogP contribution in [0.15, 0.2) is 24.3 Å². The first kappa shape index (κ1) is 76.0. The summed E-state index contributed by atoms with van der Waals surface area (Å²) in [5, 5.41) is 14.1. The number of amides is 1. The van der Waals surface area contributed by atoms with Crippen LogP contribution < -0.4 is 5.32 Å². The fraction of sp³-hybridized carbons (Fsp3) is 0.926. The highest BCUT2D eigenvalue weighted by molar-refractivity contribution is 7.47. The summed E-state index contributed by atoms with van der Waals surface area (Å²) in [6.45, 7) is 4.95. The molecule has 0 aliphatic carbocycles. The molecule has 77 heavy (non-hydrogen) atoms. The quantitative estimate of drug-likeness (QED) is 0.0243. The van der Waals surface area contributed by atoms with Crippen LogP contribution in [0.2, 0.25) is 0 Å². The smallest absolute Gasteiger partial charge is 0.391 e. The van der Waals surface area contributed by atoms with E-state index in [0.29, 0.717) is 23.9 Å². The van der Waals surface area contributed by atoms with E-state index in [2.05, 4.69) is 43.5 Å². The van der Waals surface area contributed by atoms with Crippen LogP contribution in [0.3, 0.4) is 0 Å². The van der Waals surface area contributed by atoms with Crippen LogP contribution in [-0.4, -0.2) is 73.4 Å². The Morgan fingerprint density at radius 1 is 0.442 bits per heavy atom. The van der Waals surface area contributed by atoms with Crippen LogP contribution in [0, 0.1) is 0 Å². The van der Waals surface area contributed by atoms with Gasteiger partial charge in [0.2, 0.25) is 5.91 Å². The molecular weight excluding hydrogens is 972 g/mol. The Morgan fingerprint density at radius 3 is 1.06 bits per heavy atom. The van der Waals surface area contributed by atoms with E-state index in [0.717, 1.165) is 44.9 Å². The fourth-order valence-corrected chi connectivity index (χ4v) is 11.3. The number of phosphoric acid groups is 1. The molecule has 0 heterocycles. The lowest BCUT2D eigenvalue weighted by molar-refractivity contribution is -0.870. The number of rotatable bonds is 64. The standard InChI is InChI=1S/C68H135N2O6P/c1-6-8-10-12-14-16-18-20-22-24-26-28-30-31-32-33-34-35-36-37-38-39-40-42-44-46-48-50-52-54-56-58-60-62-68(72)69-66(65-76-77(73,74)75-64-63-70(3,4)5)67(71)61-59-57-55-53-51-49-47-45-43-41-29-27-25-23-21-19-17-15-13-11-9-7-2/h26,28,31-32,66-67,71H,6-25,27,29-30,33-65H2,1-5H3,(H-,69,72,73,74)/p+1/b28-26-,32-31-. The molecule has 0 rings (SSSR count). The molecule has 458 valence electrons. The molecule has 0 saturated heterocycles. The molecule has 0 fully saturated rings. The van der Waals surface area contributed by atoms with Crippen LogP contribution in [0.1, 0.15) is 354 Å². The third-order valence-corrected chi connectivity index (χ3v) is 16.9. The van der Waals surface area contributed by atoms with Crippen LogP contribution in [0.5, 0.6) is 0 Å². The third-order valence-electron chi connectivity index (χ3n) is 16.0. The van der Waals surface area contributed by atoms with E-state index in [9.17, 15) is 19.4 Å². The minimum absolute atomic E-state index is 0.0772. The van der Waals surface area contributed by atoms with Gasteiger partial charge in [0.05, 0.1) is 39.9 Å². The number of carbonyl (C=O) groups excluding carboxylic acids is 1. The van der Waals surface area contributed by atoms with E-state index in [1.54, 1.807) is 0 Å². The number of nitrogens with zero attached hydrogens (tertiary/aromatic N) is 1. The third kappa shape index (κ3) is 62.4. The molecule has 1 amide bonds. The molecule has 3 unspecified atom stereocenters. The second-order valence-corrected chi connectivity index (χ2v) is 26.4. The summed E-state index contributed by atoms with van der Waals surface area (Å²) in [5.41, 5.74) is 0. The minimum atomic E-state index is -4.33. The first-order valence-corrected chi connectivity index (χ1v) is 35.7. The Kier molecular flexibility index (Phi) is 58.8. The molecule has 9 heteroatoms. The molecule has 0 aromatic carbocycles. The Morgan fingerprint density at radius 2 is 0.740 bits per heavy atom. The van der Waals surface area contributed by atoms with Gasteiger partial charge in [-0.1, -0.05) is 327 Å². The summed E-state index contributed by atoms with van der Waals surface area (Å²) in [5.74, 6) is -0.137. The van der Waals surface area contributed by atoms with Crippen molar-refractivity contribution in [2.75, 3.05) is 40.9 Å². The van der Waals surface area contributed by atoms with Crippen molar-refractivity contribution in [1.82, 2.24) is 5.32 Å². The van der Waals surface area contributed by atoms with Gasteiger partial charge in [-0.15, -0.1) is 0 Å². The van der Waals surface area contributed by atoms with Crippen LogP contribution >= 0.6 is 7.82 Å². The Balaban J connectivity index is 4.00. The van der Waals surface area contributed by atoms with Crippen LogP contribution in [-0.2, 0) is 18.4 Å². The molecule has 3 atom stereocenters. The topological polar surface area (TPSA) is 105 Å². The normalized spacial score (nSPS) is 13.8. The van der Waals surface area contributed by atoms with Gasteiger partial charge >= 0.3 is 7.82 Å². The molecule has 3 N–H and O–H groups in total. The van der Waals surface area contributed by atoms with Crippen molar-refractivity contribution in [2.24, 2.45) is 0 Å². The van der Waals surface area contributed by atoms with Crippen molar-refractivity contribution in [3.05, 3.63) is 24.3 Å². The van der Waals surface area contributed by atoms with Gasteiger partial charge < -0.3 is 19.8 Å².